The number of hydrogen-bond donors (Lipinski definition) is 2. The molecule has 1 unspecified atom stereocenters. The number of aliphatic hydroxyl groups excluding tert-OH is 1. The van der Waals surface area contributed by atoms with E-state index in [-0.39, 0.29) is 6.10 Å². The molecule has 2 N–H and O–H groups in total. The van der Waals surface area contributed by atoms with Gasteiger partial charge in [-0.25, -0.2) is 0 Å². The van der Waals surface area contributed by atoms with Gasteiger partial charge < -0.3 is 10.4 Å². The van der Waals surface area contributed by atoms with Gasteiger partial charge in [-0.1, -0.05) is 26.0 Å². The summed E-state index contributed by atoms with van der Waals surface area (Å²) in [6.07, 6.45) is 4.72. The molecule has 0 amide bonds. The highest BCUT2D eigenvalue weighted by Gasteiger charge is 2.04. The molecule has 2 heteroatoms. The molecule has 0 aliphatic rings. The van der Waals surface area contributed by atoms with E-state index in [1.165, 1.54) is 0 Å². The normalized spacial score (nSPS) is 14.4. The Bertz CT molecular complexity index is 121. The molecular weight excluding hydrogens is 150 g/mol. The molecule has 0 spiro atoms. The Morgan fingerprint density at radius 2 is 2.08 bits per heavy atom. The van der Waals surface area contributed by atoms with Crippen LogP contribution >= 0.6 is 0 Å². The van der Waals surface area contributed by atoms with Gasteiger partial charge >= 0.3 is 0 Å². The van der Waals surface area contributed by atoms with E-state index in [9.17, 15) is 5.11 Å². The molecule has 0 aliphatic heterocycles. The van der Waals surface area contributed by atoms with Crippen LogP contribution < -0.4 is 5.32 Å². The van der Waals surface area contributed by atoms with Crippen molar-refractivity contribution >= 4 is 0 Å². The molecule has 0 bridgehead atoms. The lowest BCUT2D eigenvalue weighted by molar-refractivity contribution is 0.148. The van der Waals surface area contributed by atoms with Crippen LogP contribution in [0.2, 0.25) is 0 Å². The Morgan fingerprint density at radius 3 is 2.58 bits per heavy atom. The summed E-state index contributed by atoms with van der Waals surface area (Å²) < 4.78 is 0. The second-order valence-electron chi connectivity index (χ2n) is 3.51. The summed E-state index contributed by atoms with van der Waals surface area (Å²) in [5, 5.41) is 12.6. The molecule has 0 rings (SSSR count). The predicted octanol–water partition coefficient (Wildman–Crippen LogP) is 1.56. The van der Waals surface area contributed by atoms with Crippen LogP contribution in [0.3, 0.4) is 0 Å². The monoisotopic (exact) mass is 171 g/mol. The molecule has 0 aromatic carbocycles. The lowest BCUT2D eigenvalue weighted by Crippen LogP contribution is -2.27. The van der Waals surface area contributed by atoms with E-state index < -0.39 is 0 Å². The second kappa shape index (κ2) is 7.32. The van der Waals surface area contributed by atoms with Crippen LogP contribution in [0.15, 0.2) is 12.2 Å². The third-order valence-corrected chi connectivity index (χ3v) is 1.62. The minimum absolute atomic E-state index is 0.199. The van der Waals surface area contributed by atoms with Gasteiger partial charge in [-0.15, -0.1) is 0 Å². The summed E-state index contributed by atoms with van der Waals surface area (Å²) in [6, 6.07) is 0. The van der Waals surface area contributed by atoms with Gasteiger partial charge in [0, 0.05) is 13.1 Å². The quantitative estimate of drug-likeness (QED) is 0.469. The summed E-state index contributed by atoms with van der Waals surface area (Å²) >= 11 is 0. The molecule has 0 fully saturated rings. The van der Waals surface area contributed by atoms with Crippen LogP contribution in [0.25, 0.3) is 0 Å². The molecule has 0 aromatic heterocycles. The Balaban J connectivity index is 3.25. The fourth-order valence-corrected chi connectivity index (χ4v) is 1.08. The van der Waals surface area contributed by atoms with E-state index in [4.69, 9.17) is 0 Å². The molecule has 1 atom stereocenters. The molecular formula is C10H21NO. The zero-order chi connectivity index (χ0) is 9.40. The van der Waals surface area contributed by atoms with Crippen molar-refractivity contribution in [2.75, 3.05) is 13.1 Å². The van der Waals surface area contributed by atoms with Gasteiger partial charge in [-0.3, -0.25) is 0 Å². The highest BCUT2D eigenvalue weighted by atomic mass is 16.3. The number of nitrogens with one attached hydrogen (secondary N) is 1. The predicted molar refractivity (Wildman–Crippen MR) is 53.1 cm³/mol. The smallest absolute Gasteiger partial charge is 0.0667 e. The van der Waals surface area contributed by atoms with Crippen LogP contribution in [0.5, 0.6) is 0 Å². The highest BCUT2D eigenvalue weighted by molar-refractivity contribution is 4.79. The van der Waals surface area contributed by atoms with Crippen molar-refractivity contribution in [3.05, 3.63) is 12.2 Å². The Morgan fingerprint density at radius 1 is 1.42 bits per heavy atom. The molecule has 0 heterocycles. The third kappa shape index (κ3) is 7.76. The number of hydrogen-bond acceptors (Lipinski definition) is 2. The average molecular weight is 171 g/mol. The van der Waals surface area contributed by atoms with E-state index in [1.54, 1.807) is 0 Å². The van der Waals surface area contributed by atoms with Crippen LogP contribution in [-0.2, 0) is 0 Å². The molecule has 72 valence electrons. The van der Waals surface area contributed by atoms with Crippen LogP contribution in [0.4, 0.5) is 0 Å². The second-order valence-corrected chi connectivity index (χ2v) is 3.51. The van der Waals surface area contributed by atoms with Gasteiger partial charge in [0.2, 0.25) is 0 Å². The maximum Gasteiger partial charge on any atom is 0.0667 e. The summed E-state index contributed by atoms with van der Waals surface area (Å²) in [7, 11) is 0. The fraction of sp³-hybridized carbons (Fsp3) is 0.800. The Hall–Kier alpha value is -0.340. The van der Waals surface area contributed by atoms with E-state index >= 15 is 0 Å². The molecule has 12 heavy (non-hydrogen) atoms. The maximum atomic E-state index is 9.43. The summed E-state index contributed by atoms with van der Waals surface area (Å²) in [5.41, 5.74) is 0. The Kier molecular flexibility index (Phi) is 7.11. The Labute approximate surface area is 75.7 Å². The molecule has 0 aliphatic carbocycles. The van der Waals surface area contributed by atoms with Crippen LogP contribution in [-0.4, -0.2) is 24.3 Å². The van der Waals surface area contributed by atoms with Gasteiger partial charge in [-0.2, -0.15) is 0 Å². The van der Waals surface area contributed by atoms with Gasteiger partial charge in [0.15, 0.2) is 0 Å². The first-order chi connectivity index (χ1) is 5.66. The first kappa shape index (κ1) is 11.7. The average Bonchev–Trinajstić information content (AvgIpc) is 1.97. The van der Waals surface area contributed by atoms with Crippen LogP contribution in [0, 0.1) is 5.92 Å². The van der Waals surface area contributed by atoms with E-state index in [0.717, 1.165) is 13.0 Å². The van der Waals surface area contributed by atoms with Gasteiger partial charge in [-0.05, 0) is 19.3 Å². The lowest BCUT2D eigenvalue weighted by Gasteiger charge is -2.12. The largest absolute Gasteiger partial charge is 0.392 e. The first-order valence-electron chi connectivity index (χ1n) is 4.66. The minimum Gasteiger partial charge on any atom is -0.392 e. The lowest BCUT2D eigenvalue weighted by atomic mass is 10.1. The van der Waals surface area contributed by atoms with Gasteiger partial charge in [0.05, 0.1) is 6.10 Å². The molecule has 0 aromatic rings. The summed E-state index contributed by atoms with van der Waals surface area (Å²) in [5.74, 6) is 0.573. The van der Waals surface area contributed by atoms with Crippen molar-refractivity contribution in [3.63, 3.8) is 0 Å². The van der Waals surface area contributed by atoms with Crippen molar-refractivity contribution in [2.45, 2.75) is 33.3 Å². The van der Waals surface area contributed by atoms with Crippen LogP contribution in [0.1, 0.15) is 27.2 Å². The number of rotatable bonds is 6. The highest BCUT2D eigenvalue weighted by Crippen LogP contribution is 2.02. The van der Waals surface area contributed by atoms with E-state index in [1.807, 2.05) is 19.1 Å². The van der Waals surface area contributed by atoms with Crippen molar-refractivity contribution in [1.29, 1.82) is 0 Å². The van der Waals surface area contributed by atoms with Gasteiger partial charge in [0.25, 0.3) is 0 Å². The first-order valence-corrected chi connectivity index (χ1v) is 4.66. The molecule has 0 radical (unpaired) electrons. The SMILES string of the molecule is C/C=C/CNCC(O)CC(C)C. The van der Waals surface area contributed by atoms with Gasteiger partial charge in [0.1, 0.15) is 0 Å². The van der Waals surface area contributed by atoms with Crippen molar-refractivity contribution < 1.29 is 5.11 Å². The standard InChI is InChI=1S/C10H21NO/c1-4-5-6-11-8-10(12)7-9(2)3/h4-5,9-12H,6-8H2,1-3H3/b5-4+. The molecule has 0 saturated carbocycles. The fourth-order valence-electron chi connectivity index (χ4n) is 1.08. The topological polar surface area (TPSA) is 32.3 Å². The molecule has 2 nitrogen and oxygen atoms in total. The summed E-state index contributed by atoms with van der Waals surface area (Å²) in [4.78, 5) is 0. The van der Waals surface area contributed by atoms with Crippen molar-refractivity contribution in [2.24, 2.45) is 5.92 Å². The summed E-state index contributed by atoms with van der Waals surface area (Å²) in [6.45, 7) is 7.78. The maximum absolute atomic E-state index is 9.43. The van der Waals surface area contributed by atoms with Crippen molar-refractivity contribution in [1.82, 2.24) is 5.32 Å². The van der Waals surface area contributed by atoms with Crippen molar-refractivity contribution in [3.8, 4) is 0 Å². The van der Waals surface area contributed by atoms with E-state index in [2.05, 4.69) is 19.2 Å². The zero-order valence-corrected chi connectivity index (χ0v) is 8.38. The minimum atomic E-state index is -0.199. The van der Waals surface area contributed by atoms with E-state index in [0.29, 0.717) is 12.5 Å². The third-order valence-electron chi connectivity index (χ3n) is 1.62. The number of allylic oxidation sites excluding steroid dienone is 1. The molecule has 0 saturated heterocycles. The zero-order valence-electron chi connectivity index (χ0n) is 8.38. The number of aliphatic hydroxyl groups is 1.